The summed E-state index contributed by atoms with van der Waals surface area (Å²) in [4.78, 5) is 12.0. The van der Waals surface area contributed by atoms with Gasteiger partial charge in [-0.05, 0) is 29.8 Å². The topological polar surface area (TPSA) is 17.1 Å². The maximum Gasteiger partial charge on any atom is 0.167 e. The number of Topliss-reactive ketones (excluding diaryl/α,β-unsaturated/α-hetero) is 1. The Kier molecular flexibility index (Phi) is 4.15. The van der Waals surface area contributed by atoms with Crippen LogP contribution < -0.4 is 0 Å². The van der Waals surface area contributed by atoms with Gasteiger partial charge in [-0.1, -0.05) is 45.7 Å². The Hall–Kier alpha value is -1.19. The van der Waals surface area contributed by atoms with Crippen molar-refractivity contribution in [3.63, 3.8) is 0 Å². The smallest absolute Gasteiger partial charge is 0.167 e. The van der Waals surface area contributed by atoms with E-state index in [9.17, 15) is 9.18 Å². The summed E-state index contributed by atoms with van der Waals surface area (Å²) in [6.45, 7) is 0. The highest BCUT2D eigenvalue weighted by Crippen LogP contribution is 2.18. The zero-order chi connectivity index (χ0) is 13.1. The lowest BCUT2D eigenvalue weighted by molar-refractivity contribution is 0.0993. The van der Waals surface area contributed by atoms with E-state index in [2.05, 4.69) is 15.9 Å². The zero-order valence-corrected chi connectivity index (χ0v) is 11.6. The van der Waals surface area contributed by atoms with Gasteiger partial charge in [-0.3, -0.25) is 4.79 Å². The van der Waals surface area contributed by atoms with E-state index in [1.807, 2.05) is 12.1 Å². The predicted molar refractivity (Wildman–Crippen MR) is 73.6 cm³/mol. The monoisotopic (exact) mass is 326 g/mol. The Balaban J connectivity index is 2.16. The molecule has 2 aromatic carbocycles. The van der Waals surface area contributed by atoms with Crippen molar-refractivity contribution in [2.24, 2.45) is 0 Å². The number of hydrogen-bond donors (Lipinski definition) is 0. The van der Waals surface area contributed by atoms with Crippen LogP contribution in [0.2, 0.25) is 5.02 Å². The molecule has 0 bridgehead atoms. The van der Waals surface area contributed by atoms with Crippen molar-refractivity contribution in [2.45, 2.75) is 6.42 Å². The van der Waals surface area contributed by atoms with E-state index in [0.29, 0.717) is 11.1 Å². The van der Waals surface area contributed by atoms with Crippen molar-refractivity contribution in [3.05, 3.63) is 68.9 Å². The maximum atomic E-state index is 13.0. The molecule has 0 amide bonds. The summed E-state index contributed by atoms with van der Waals surface area (Å²) < 4.78 is 13.9. The van der Waals surface area contributed by atoms with Crippen LogP contribution in [0.3, 0.4) is 0 Å². The van der Waals surface area contributed by atoms with E-state index < -0.39 is 5.82 Å². The molecule has 0 aliphatic heterocycles. The summed E-state index contributed by atoms with van der Waals surface area (Å²) in [5, 5.41) is 0.0381. The maximum absolute atomic E-state index is 13.0. The van der Waals surface area contributed by atoms with Gasteiger partial charge in [0.15, 0.2) is 5.78 Å². The van der Waals surface area contributed by atoms with E-state index in [1.165, 1.54) is 12.1 Å². The molecular weight excluding hydrogens is 319 g/mol. The Morgan fingerprint density at radius 3 is 2.44 bits per heavy atom. The first kappa shape index (κ1) is 13.2. The van der Waals surface area contributed by atoms with Crippen molar-refractivity contribution in [2.75, 3.05) is 0 Å². The van der Waals surface area contributed by atoms with Gasteiger partial charge in [0.05, 0.1) is 5.02 Å². The number of rotatable bonds is 3. The first-order valence-corrected chi connectivity index (χ1v) is 6.46. The van der Waals surface area contributed by atoms with Gasteiger partial charge in [-0.2, -0.15) is 0 Å². The lowest BCUT2D eigenvalue weighted by Crippen LogP contribution is -2.03. The molecule has 2 aromatic rings. The Morgan fingerprint density at radius 1 is 1.17 bits per heavy atom. The van der Waals surface area contributed by atoms with Crippen LogP contribution in [0.15, 0.2) is 46.9 Å². The normalized spacial score (nSPS) is 10.4. The van der Waals surface area contributed by atoms with Gasteiger partial charge >= 0.3 is 0 Å². The molecule has 0 N–H and O–H groups in total. The van der Waals surface area contributed by atoms with Gasteiger partial charge in [0, 0.05) is 16.5 Å². The first-order valence-electron chi connectivity index (χ1n) is 5.29. The zero-order valence-electron chi connectivity index (χ0n) is 9.29. The molecule has 2 rings (SSSR count). The summed E-state index contributed by atoms with van der Waals surface area (Å²) in [5.41, 5.74) is 1.33. The molecule has 0 saturated carbocycles. The lowest BCUT2D eigenvalue weighted by Gasteiger charge is -2.03. The molecule has 1 nitrogen and oxygen atoms in total. The minimum Gasteiger partial charge on any atom is -0.294 e. The van der Waals surface area contributed by atoms with Crippen molar-refractivity contribution >= 4 is 33.3 Å². The summed E-state index contributed by atoms with van der Waals surface area (Å²) in [6.07, 6.45) is 0.210. The molecule has 0 aliphatic rings. The molecule has 0 radical (unpaired) electrons. The van der Waals surface area contributed by atoms with Crippen LogP contribution in [0.1, 0.15) is 15.9 Å². The minimum absolute atomic E-state index is 0.0230. The Labute approximate surface area is 118 Å². The van der Waals surface area contributed by atoms with Crippen LogP contribution in [0.5, 0.6) is 0 Å². The van der Waals surface area contributed by atoms with Gasteiger partial charge in [0.1, 0.15) is 5.82 Å². The molecule has 0 aliphatic carbocycles. The first-order chi connectivity index (χ1) is 8.56. The molecular formula is C14H9BrClFO. The van der Waals surface area contributed by atoms with Gasteiger partial charge in [-0.15, -0.1) is 0 Å². The third-order valence-electron chi connectivity index (χ3n) is 2.51. The number of carbonyl (C=O) groups is 1. The van der Waals surface area contributed by atoms with Gasteiger partial charge in [0.25, 0.3) is 0 Å². The van der Waals surface area contributed by atoms with Crippen LogP contribution in [-0.4, -0.2) is 5.78 Å². The van der Waals surface area contributed by atoms with Gasteiger partial charge < -0.3 is 0 Å². The second-order valence-corrected chi connectivity index (χ2v) is 5.18. The minimum atomic E-state index is -0.475. The number of ketones is 1. The average molecular weight is 328 g/mol. The van der Waals surface area contributed by atoms with Crippen molar-refractivity contribution in [1.82, 2.24) is 0 Å². The highest BCUT2D eigenvalue weighted by molar-refractivity contribution is 9.10. The quantitative estimate of drug-likeness (QED) is 0.749. The molecule has 0 atom stereocenters. The fraction of sp³-hybridized carbons (Fsp3) is 0.0714. The van der Waals surface area contributed by atoms with E-state index in [-0.39, 0.29) is 17.2 Å². The van der Waals surface area contributed by atoms with E-state index >= 15 is 0 Å². The fourth-order valence-corrected chi connectivity index (χ4v) is 2.04. The molecule has 0 unspecified atom stereocenters. The van der Waals surface area contributed by atoms with Crippen molar-refractivity contribution in [3.8, 4) is 0 Å². The van der Waals surface area contributed by atoms with Crippen LogP contribution >= 0.6 is 27.5 Å². The van der Waals surface area contributed by atoms with Crippen LogP contribution in [0.25, 0.3) is 0 Å². The van der Waals surface area contributed by atoms with Crippen molar-refractivity contribution in [1.29, 1.82) is 0 Å². The molecule has 0 fully saturated rings. The third kappa shape index (κ3) is 3.18. The average Bonchev–Trinajstić information content (AvgIpc) is 2.34. The molecule has 0 heterocycles. The summed E-state index contributed by atoms with van der Waals surface area (Å²) >= 11 is 8.98. The second kappa shape index (κ2) is 5.63. The van der Waals surface area contributed by atoms with E-state index in [1.54, 1.807) is 18.2 Å². The Bertz CT molecular complexity index is 581. The molecule has 0 spiro atoms. The standard InChI is InChI=1S/C14H9BrClFO/c15-11-4-2-10(3-5-11)14(18)8-9-1-6-13(17)12(16)7-9/h1-7H,8H2. The fourth-order valence-electron chi connectivity index (χ4n) is 1.57. The van der Waals surface area contributed by atoms with Crippen molar-refractivity contribution < 1.29 is 9.18 Å². The molecule has 18 heavy (non-hydrogen) atoms. The summed E-state index contributed by atoms with van der Waals surface area (Å²) in [5.74, 6) is -0.498. The molecule has 0 aromatic heterocycles. The number of carbonyl (C=O) groups excluding carboxylic acids is 1. The summed E-state index contributed by atoms with van der Waals surface area (Å²) in [6, 6.07) is 11.4. The predicted octanol–water partition coefficient (Wildman–Crippen LogP) is 4.67. The van der Waals surface area contributed by atoms with Crippen LogP contribution in [0, 0.1) is 5.82 Å². The third-order valence-corrected chi connectivity index (χ3v) is 3.33. The highest BCUT2D eigenvalue weighted by Gasteiger charge is 2.08. The number of hydrogen-bond acceptors (Lipinski definition) is 1. The molecule has 92 valence electrons. The van der Waals surface area contributed by atoms with Gasteiger partial charge in [-0.25, -0.2) is 4.39 Å². The van der Waals surface area contributed by atoms with E-state index in [0.717, 1.165) is 4.47 Å². The molecule has 0 saturated heterocycles. The van der Waals surface area contributed by atoms with Crippen LogP contribution in [0.4, 0.5) is 4.39 Å². The van der Waals surface area contributed by atoms with Gasteiger partial charge in [0.2, 0.25) is 0 Å². The summed E-state index contributed by atoms with van der Waals surface area (Å²) in [7, 11) is 0. The SMILES string of the molecule is O=C(Cc1ccc(F)c(Cl)c1)c1ccc(Br)cc1. The number of halogens is 3. The number of benzene rings is 2. The second-order valence-electron chi connectivity index (χ2n) is 3.86. The van der Waals surface area contributed by atoms with Crippen LogP contribution in [-0.2, 0) is 6.42 Å². The molecule has 4 heteroatoms. The Morgan fingerprint density at radius 2 is 1.83 bits per heavy atom. The lowest BCUT2D eigenvalue weighted by atomic mass is 10.0. The highest BCUT2D eigenvalue weighted by atomic mass is 79.9. The largest absolute Gasteiger partial charge is 0.294 e. The van der Waals surface area contributed by atoms with E-state index in [4.69, 9.17) is 11.6 Å².